The fraction of sp³-hybridized carbons (Fsp3) is 0.667. The molecule has 1 fully saturated rings. The molecule has 2 heterocycles. The largest absolute Gasteiger partial charge is 0.391 e. The van der Waals surface area contributed by atoms with Crippen LogP contribution in [0.4, 0.5) is 0 Å². The Morgan fingerprint density at radius 3 is 3.12 bits per heavy atom. The van der Waals surface area contributed by atoms with E-state index in [1.165, 1.54) is 0 Å². The maximum atomic E-state index is 11.8. The van der Waals surface area contributed by atoms with Crippen molar-refractivity contribution < 1.29 is 9.90 Å². The molecule has 0 unspecified atom stereocenters. The second-order valence-corrected chi connectivity index (χ2v) is 5.56. The van der Waals surface area contributed by atoms with Gasteiger partial charge in [-0.3, -0.25) is 4.79 Å². The zero-order valence-corrected chi connectivity index (χ0v) is 10.9. The third-order valence-electron chi connectivity index (χ3n) is 3.01. The van der Waals surface area contributed by atoms with Crippen LogP contribution in [0.2, 0.25) is 0 Å². The fourth-order valence-corrected chi connectivity index (χ4v) is 2.72. The van der Waals surface area contributed by atoms with Crippen molar-refractivity contribution >= 4 is 17.2 Å². The second kappa shape index (κ2) is 5.60. The van der Waals surface area contributed by atoms with Crippen LogP contribution in [0, 0.1) is 6.92 Å². The van der Waals surface area contributed by atoms with Crippen LogP contribution in [-0.2, 0) is 11.2 Å². The third kappa shape index (κ3) is 3.51. The molecule has 0 spiro atoms. The van der Waals surface area contributed by atoms with Gasteiger partial charge in [0.2, 0.25) is 5.91 Å². The van der Waals surface area contributed by atoms with Crippen LogP contribution in [0.15, 0.2) is 5.38 Å². The molecule has 1 aliphatic rings. The number of amides is 1. The smallest absolute Gasteiger partial charge is 0.222 e. The van der Waals surface area contributed by atoms with E-state index < -0.39 is 0 Å². The Labute approximate surface area is 105 Å². The maximum absolute atomic E-state index is 11.8. The monoisotopic (exact) mass is 254 g/mol. The number of nitrogens with zero attached hydrogens (tertiary/aromatic N) is 2. The van der Waals surface area contributed by atoms with Gasteiger partial charge in [0, 0.05) is 24.9 Å². The van der Waals surface area contributed by atoms with Crippen molar-refractivity contribution in [3.63, 3.8) is 0 Å². The molecule has 94 valence electrons. The summed E-state index contributed by atoms with van der Waals surface area (Å²) in [6.07, 6.45) is 2.67. The number of hydrogen-bond donors (Lipinski definition) is 1. The first-order valence-electron chi connectivity index (χ1n) is 6.02. The first-order valence-corrected chi connectivity index (χ1v) is 6.90. The molecule has 2 rings (SSSR count). The number of aromatic nitrogens is 1. The summed E-state index contributed by atoms with van der Waals surface area (Å²) in [6.45, 7) is 3.20. The van der Waals surface area contributed by atoms with Gasteiger partial charge in [0.05, 0.1) is 16.8 Å². The number of likely N-dealkylation sites (tertiary alicyclic amines) is 1. The maximum Gasteiger partial charge on any atom is 0.222 e. The molecule has 1 aromatic rings. The van der Waals surface area contributed by atoms with E-state index in [1.54, 1.807) is 16.2 Å². The predicted octanol–water partition coefficient (Wildman–Crippen LogP) is 1.37. The number of aliphatic hydroxyl groups is 1. The van der Waals surface area contributed by atoms with E-state index in [-0.39, 0.29) is 12.0 Å². The van der Waals surface area contributed by atoms with E-state index in [2.05, 4.69) is 10.4 Å². The summed E-state index contributed by atoms with van der Waals surface area (Å²) >= 11 is 1.65. The van der Waals surface area contributed by atoms with Crippen molar-refractivity contribution in [3.8, 4) is 0 Å². The summed E-state index contributed by atoms with van der Waals surface area (Å²) in [5.41, 5.74) is 1.08. The van der Waals surface area contributed by atoms with E-state index in [0.29, 0.717) is 19.5 Å². The lowest BCUT2D eigenvalue weighted by atomic mass is 10.2. The summed E-state index contributed by atoms with van der Waals surface area (Å²) in [5, 5.41) is 12.5. The summed E-state index contributed by atoms with van der Waals surface area (Å²) in [7, 11) is 0. The molecule has 1 aromatic heterocycles. The highest BCUT2D eigenvalue weighted by Crippen LogP contribution is 2.13. The van der Waals surface area contributed by atoms with Gasteiger partial charge in [-0.25, -0.2) is 4.98 Å². The number of rotatable bonds is 4. The van der Waals surface area contributed by atoms with E-state index in [9.17, 15) is 9.90 Å². The lowest BCUT2D eigenvalue weighted by Crippen LogP contribution is -2.29. The molecule has 0 bridgehead atoms. The van der Waals surface area contributed by atoms with Crippen LogP contribution < -0.4 is 0 Å². The Balaban J connectivity index is 1.70. The Morgan fingerprint density at radius 1 is 1.71 bits per heavy atom. The van der Waals surface area contributed by atoms with Gasteiger partial charge in [0.1, 0.15) is 0 Å². The van der Waals surface area contributed by atoms with Crippen molar-refractivity contribution in [2.75, 3.05) is 13.1 Å². The number of carbonyl (C=O) groups is 1. The molecule has 17 heavy (non-hydrogen) atoms. The fourth-order valence-electron chi connectivity index (χ4n) is 2.07. The summed E-state index contributed by atoms with van der Waals surface area (Å²) < 4.78 is 0. The molecular formula is C12H18N2O2S. The lowest BCUT2D eigenvalue weighted by Gasteiger charge is -2.14. The zero-order chi connectivity index (χ0) is 12.3. The minimum atomic E-state index is -0.319. The molecule has 4 nitrogen and oxygen atoms in total. The van der Waals surface area contributed by atoms with Crippen molar-refractivity contribution in [2.45, 2.75) is 38.7 Å². The number of aryl methyl sites for hydroxylation is 2. The van der Waals surface area contributed by atoms with Gasteiger partial charge in [0.15, 0.2) is 0 Å². The molecule has 1 amide bonds. The molecule has 0 radical (unpaired) electrons. The van der Waals surface area contributed by atoms with Gasteiger partial charge in [-0.2, -0.15) is 0 Å². The van der Waals surface area contributed by atoms with Crippen LogP contribution in [-0.4, -0.2) is 40.1 Å². The number of thiazole rings is 1. The first-order chi connectivity index (χ1) is 8.15. The van der Waals surface area contributed by atoms with Crippen molar-refractivity contribution in [2.24, 2.45) is 0 Å². The number of carbonyl (C=O) groups excluding carboxylic acids is 1. The Morgan fingerprint density at radius 2 is 2.53 bits per heavy atom. The topological polar surface area (TPSA) is 53.4 Å². The highest BCUT2D eigenvalue weighted by molar-refractivity contribution is 7.09. The Bertz CT molecular complexity index is 392. The van der Waals surface area contributed by atoms with Crippen LogP contribution >= 0.6 is 11.3 Å². The van der Waals surface area contributed by atoms with Crippen LogP contribution in [0.3, 0.4) is 0 Å². The molecule has 5 heteroatoms. The molecule has 0 aliphatic carbocycles. The van der Waals surface area contributed by atoms with Gasteiger partial charge in [-0.15, -0.1) is 11.3 Å². The van der Waals surface area contributed by atoms with Gasteiger partial charge < -0.3 is 10.0 Å². The summed E-state index contributed by atoms with van der Waals surface area (Å²) in [4.78, 5) is 17.9. The third-order valence-corrected chi connectivity index (χ3v) is 3.83. The molecule has 0 aromatic carbocycles. The van der Waals surface area contributed by atoms with E-state index in [0.717, 1.165) is 30.0 Å². The quantitative estimate of drug-likeness (QED) is 0.883. The second-order valence-electron chi connectivity index (χ2n) is 4.49. The summed E-state index contributed by atoms with van der Waals surface area (Å²) in [6, 6.07) is 0. The molecule has 1 aliphatic heterocycles. The Hall–Kier alpha value is -0.940. The predicted molar refractivity (Wildman–Crippen MR) is 67.0 cm³/mol. The van der Waals surface area contributed by atoms with Gasteiger partial charge in [-0.05, 0) is 26.2 Å². The average Bonchev–Trinajstić information content (AvgIpc) is 2.88. The minimum absolute atomic E-state index is 0.161. The lowest BCUT2D eigenvalue weighted by molar-refractivity contribution is -0.130. The van der Waals surface area contributed by atoms with Gasteiger partial charge >= 0.3 is 0 Å². The van der Waals surface area contributed by atoms with E-state index in [1.807, 2.05) is 6.92 Å². The van der Waals surface area contributed by atoms with Crippen LogP contribution in [0.1, 0.15) is 30.0 Å². The number of aliphatic hydroxyl groups excluding tert-OH is 1. The summed E-state index contributed by atoms with van der Waals surface area (Å²) in [5.74, 6) is 0.161. The van der Waals surface area contributed by atoms with Crippen LogP contribution in [0.5, 0.6) is 0 Å². The SMILES string of the molecule is Cc1nc(CCCC(=O)N2CC[C@H](O)C2)cs1. The molecule has 1 saturated heterocycles. The molecule has 1 N–H and O–H groups in total. The minimum Gasteiger partial charge on any atom is -0.391 e. The van der Waals surface area contributed by atoms with Crippen LogP contribution in [0.25, 0.3) is 0 Å². The van der Waals surface area contributed by atoms with E-state index in [4.69, 9.17) is 0 Å². The van der Waals surface area contributed by atoms with Crippen molar-refractivity contribution in [3.05, 3.63) is 16.1 Å². The molecule has 1 atom stereocenters. The first kappa shape index (κ1) is 12.5. The molecular weight excluding hydrogens is 236 g/mol. The van der Waals surface area contributed by atoms with Crippen molar-refractivity contribution in [1.29, 1.82) is 0 Å². The highest BCUT2D eigenvalue weighted by atomic mass is 32.1. The number of β-amino-alcohol motifs (C(OH)–C–C–N with tert-alkyl or cyclic N) is 1. The number of hydrogen-bond acceptors (Lipinski definition) is 4. The molecule has 0 saturated carbocycles. The zero-order valence-electron chi connectivity index (χ0n) is 10.1. The normalized spacial score (nSPS) is 19.9. The van der Waals surface area contributed by atoms with E-state index >= 15 is 0 Å². The van der Waals surface area contributed by atoms with Crippen molar-refractivity contribution in [1.82, 2.24) is 9.88 Å². The average molecular weight is 254 g/mol. The standard InChI is InChI=1S/C12H18N2O2S/c1-9-13-10(8-17-9)3-2-4-12(16)14-6-5-11(15)7-14/h8,11,15H,2-7H2,1H3/t11-/m0/s1. The Kier molecular flexibility index (Phi) is 4.12. The van der Waals surface area contributed by atoms with Gasteiger partial charge in [0.25, 0.3) is 0 Å². The highest BCUT2D eigenvalue weighted by Gasteiger charge is 2.23. The van der Waals surface area contributed by atoms with Gasteiger partial charge in [-0.1, -0.05) is 0 Å².